The number of aromatic nitrogens is 2. The number of nitrogens with two attached hydrogens (primary N) is 1. The number of nitrogens with zero attached hydrogens (tertiary/aromatic N) is 2. The van der Waals surface area contributed by atoms with Crippen LogP contribution in [0.25, 0.3) is 0 Å². The summed E-state index contributed by atoms with van der Waals surface area (Å²) in [6.07, 6.45) is 3.57. The molecule has 1 heterocycles. The van der Waals surface area contributed by atoms with Crippen LogP contribution in [-0.2, 0) is 7.05 Å². The van der Waals surface area contributed by atoms with E-state index in [1.54, 1.807) is 6.20 Å². The third-order valence-corrected chi connectivity index (χ3v) is 3.00. The smallest absolute Gasteiger partial charge is 0.301 e. The van der Waals surface area contributed by atoms with Gasteiger partial charge in [-0.3, -0.25) is 0 Å². The highest BCUT2D eigenvalue weighted by molar-refractivity contribution is 5.55. The van der Waals surface area contributed by atoms with Crippen molar-refractivity contribution in [2.75, 3.05) is 5.73 Å². The minimum absolute atomic E-state index is 0.350. The molecular formula is C14H19N3O. The van der Waals surface area contributed by atoms with Crippen LogP contribution in [0.15, 0.2) is 24.5 Å². The van der Waals surface area contributed by atoms with Gasteiger partial charge in [-0.25, -0.2) is 4.98 Å². The van der Waals surface area contributed by atoms with E-state index in [4.69, 9.17) is 10.5 Å². The third kappa shape index (κ3) is 2.32. The Balaban J connectivity index is 2.43. The van der Waals surface area contributed by atoms with Gasteiger partial charge in [-0.1, -0.05) is 13.8 Å². The topological polar surface area (TPSA) is 53.1 Å². The first-order valence-corrected chi connectivity index (χ1v) is 6.04. The molecule has 4 nitrogen and oxygen atoms in total. The van der Waals surface area contributed by atoms with Crippen molar-refractivity contribution in [3.05, 3.63) is 35.7 Å². The normalized spacial score (nSPS) is 10.9. The fourth-order valence-corrected chi connectivity index (χ4v) is 1.80. The van der Waals surface area contributed by atoms with Gasteiger partial charge in [0, 0.05) is 25.1 Å². The Morgan fingerprint density at radius 3 is 2.61 bits per heavy atom. The molecule has 0 saturated carbocycles. The molecule has 4 heteroatoms. The Kier molecular flexibility index (Phi) is 3.28. The number of benzene rings is 1. The maximum Gasteiger partial charge on any atom is 0.301 e. The summed E-state index contributed by atoms with van der Waals surface area (Å²) in [6, 6.07) is 4.54. The van der Waals surface area contributed by atoms with E-state index >= 15 is 0 Å². The molecule has 0 spiro atoms. The SMILES string of the molecule is Cc1cc(Oc2nccn2C)c(C(C)C)cc1N. The molecule has 1 aromatic heterocycles. The van der Waals surface area contributed by atoms with Gasteiger partial charge in [0.05, 0.1) is 0 Å². The summed E-state index contributed by atoms with van der Waals surface area (Å²) in [5, 5.41) is 0. The van der Waals surface area contributed by atoms with Gasteiger partial charge in [-0.2, -0.15) is 0 Å². The molecule has 0 radical (unpaired) electrons. The second-order valence-corrected chi connectivity index (χ2v) is 4.82. The molecule has 0 amide bonds. The number of hydrogen-bond acceptors (Lipinski definition) is 3. The Bertz CT molecular complexity index is 558. The van der Waals surface area contributed by atoms with Crippen molar-refractivity contribution < 1.29 is 4.74 Å². The van der Waals surface area contributed by atoms with Crippen molar-refractivity contribution in [2.24, 2.45) is 7.05 Å². The van der Waals surface area contributed by atoms with E-state index in [1.807, 2.05) is 36.9 Å². The number of hydrogen-bond donors (Lipinski definition) is 1. The molecular weight excluding hydrogens is 226 g/mol. The van der Waals surface area contributed by atoms with Crippen LogP contribution in [-0.4, -0.2) is 9.55 Å². The van der Waals surface area contributed by atoms with Crippen LogP contribution in [0.4, 0.5) is 5.69 Å². The molecule has 0 saturated heterocycles. The van der Waals surface area contributed by atoms with Gasteiger partial charge in [0.25, 0.3) is 0 Å². The molecule has 2 aromatic rings. The Labute approximate surface area is 107 Å². The van der Waals surface area contributed by atoms with Gasteiger partial charge < -0.3 is 15.0 Å². The van der Waals surface area contributed by atoms with Gasteiger partial charge in [-0.05, 0) is 36.1 Å². The summed E-state index contributed by atoms with van der Waals surface area (Å²) < 4.78 is 7.72. The second-order valence-electron chi connectivity index (χ2n) is 4.82. The standard InChI is InChI=1S/C14H19N3O/c1-9(2)11-8-12(15)10(3)7-13(11)18-14-16-5-6-17(14)4/h5-9H,15H2,1-4H3. The minimum atomic E-state index is 0.350. The van der Waals surface area contributed by atoms with Crippen molar-refractivity contribution in [1.82, 2.24) is 9.55 Å². The van der Waals surface area contributed by atoms with Gasteiger partial charge in [0.1, 0.15) is 5.75 Å². The van der Waals surface area contributed by atoms with E-state index in [-0.39, 0.29) is 0 Å². The largest absolute Gasteiger partial charge is 0.425 e. The van der Waals surface area contributed by atoms with Crippen LogP contribution in [0.3, 0.4) is 0 Å². The predicted molar refractivity (Wildman–Crippen MR) is 73.0 cm³/mol. The monoisotopic (exact) mass is 245 g/mol. The Morgan fingerprint density at radius 2 is 2.06 bits per heavy atom. The summed E-state index contributed by atoms with van der Waals surface area (Å²) >= 11 is 0. The lowest BCUT2D eigenvalue weighted by Gasteiger charge is -2.15. The Morgan fingerprint density at radius 1 is 1.33 bits per heavy atom. The summed E-state index contributed by atoms with van der Waals surface area (Å²) in [4.78, 5) is 4.17. The fourth-order valence-electron chi connectivity index (χ4n) is 1.80. The van der Waals surface area contributed by atoms with E-state index in [1.165, 1.54) is 0 Å². The first-order valence-electron chi connectivity index (χ1n) is 6.04. The van der Waals surface area contributed by atoms with Crippen molar-refractivity contribution in [3.63, 3.8) is 0 Å². The molecule has 0 bridgehead atoms. The number of nitrogen functional groups attached to an aromatic ring is 1. The second kappa shape index (κ2) is 4.72. The highest BCUT2D eigenvalue weighted by atomic mass is 16.5. The van der Waals surface area contributed by atoms with E-state index in [9.17, 15) is 0 Å². The van der Waals surface area contributed by atoms with Crippen molar-refractivity contribution >= 4 is 5.69 Å². The van der Waals surface area contributed by atoms with Crippen molar-refractivity contribution in [3.8, 4) is 11.8 Å². The van der Waals surface area contributed by atoms with Gasteiger partial charge in [-0.15, -0.1) is 0 Å². The van der Waals surface area contributed by atoms with Gasteiger partial charge >= 0.3 is 6.01 Å². The van der Waals surface area contributed by atoms with Crippen molar-refractivity contribution in [1.29, 1.82) is 0 Å². The number of imidazole rings is 1. The van der Waals surface area contributed by atoms with Crippen LogP contribution in [0.2, 0.25) is 0 Å². The summed E-state index contributed by atoms with van der Waals surface area (Å²) in [7, 11) is 1.90. The highest BCUT2D eigenvalue weighted by Crippen LogP contribution is 2.33. The quantitative estimate of drug-likeness (QED) is 0.845. The summed E-state index contributed by atoms with van der Waals surface area (Å²) in [6.45, 7) is 6.22. The molecule has 2 rings (SSSR count). The number of ether oxygens (including phenoxy) is 1. The zero-order chi connectivity index (χ0) is 13.3. The van der Waals surface area contributed by atoms with Crippen LogP contribution in [0.1, 0.15) is 30.9 Å². The zero-order valence-corrected chi connectivity index (χ0v) is 11.3. The molecule has 0 aliphatic heterocycles. The van der Waals surface area contributed by atoms with E-state index in [0.29, 0.717) is 11.9 Å². The lowest BCUT2D eigenvalue weighted by molar-refractivity contribution is 0.418. The maximum atomic E-state index is 5.95. The molecule has 0 aliphatic rings. The molecule has 0 fully saturated rings. The molecule has 0 atom stereocenters. The van der Waals surface area contributed by atoms with Gasteiger partial charge in [0.15, 0.2) is 0 Å². The summed E-state index contributed by atoms with van der Waals surface area (Å²) in [5.74, 6) is 1.18. The number of anilines is 1. The number of rotatable bonds is 3. The average molecular weight is 245 g/mol. The van der Waals surface area contributed by atoms with Crippen molar-refractivity contribution in [2.45, 2.75) is 26.7 Å². The molecule has 0 unspecified atom stereocenters. The first-order chi connectivity index (χ1) is 8.49. The lowest BCUT2D eigenvalue weighted by Crippen LogP contribution is -2.01. The molecule has 2 N–H and O–H groups in total. The van der Waals surface area contributed by atoms with Gasteiger partial charge in [0.2, 0.25) is 0 Å². The fraction of sp³-hybridized carbons (Fsp3) is 0.357. The van der Waals surface area contributed by atoms with E-state index < -0.39 is 0 Å². The lowest BCUT2D eigenvalue weighted by atomic mass is 9.99. The average Bonchev–Trinajstić information content (AvgIpc) is 2.69. The molecule has 1 aromatic carbocycles. The molecule has 18 heavy (non-hydrogen) atoms. The first kappa shape index (κ1) is 12.5. The highest BCUT2D eigenvalue weighted by Gasteiger charge is 2.13. The number of aryl methyl sites for hydroxylation is 2. The zero-order valence-electron chi connectivity index (χ0n) is 11.3. The minimum Gasteiger partial charge on any atom is -0.425 e. The van der Waals surface area contributed by atoms with Crippen LogP contribution < -0.4 is 10.5 Å². The third-order valence-electron chi connectivity index (χ3n) is 3.00. The van der Waals surface area contributed by atoms with E-state index in [2.05, 4.69) is 18.8 Å². The predicted octanol–water partition coefficient (Wildman–Crippen LogP) is 3.23. The van der Waals surface area contributed by atoms with Crippen LogP contribution in [0, 0.1) is 6.92 Å². The van der Waals surface area contributed by atoms with Crippen LogP contribution in [0.5, 0.6) is 11.8 Å². The van der Waals surface area contributed by atoms with Crippen LogP contribution >= 0.6 is 0 Å². The molecule has 96 valence electrons. The Hall–Kier alpha value is -1.97. The summed E-state index contributed by atoms with van der Waals surface area (Å²) in [5.41, 5.74) is 8.87. The molecule has 0 aliphatic carbocycles. The van der Waals surface area contributed by atoms with E-state index in [0.717, 1.165) is 22.6 Å². The maximum absolute atomic E-state index is 5.95.